The number of ketones is 1. The van der Waals surface area contributed by atoms with Gasteiger partial charge in [-0.2, -0.15) is 0 Å². The van der Waals surface area contributed by atoms with Crippen LogP contribution in [0.3, 0.4) is 0 Å². The Balaban J connectivity index is 1.24. The van der Waals surface area contributed by atoms with Crippen LogP contribution in [0.15, 0.2) is 60.7 Å². The van der Waals surface area contributed by atoms with Crippen molar-refractivity contribution in [1.29, 1.82) is 0 Å². The number of carbonyl (C=O) groups is 1. The summed E-state index contributed by atoms with van der Waals surface area (Å²) in [7, 11) is 0. The lowest BCUT2D eigenvalue weighted by Crippen LogP contribution is -2.49. The van der Waals surface area contributed by atoms with Crippen molar-refractivity contribution in [2.24, 2.45) is 0 Å². The third-order valence-corrected chi connectivity index (χ3v) is 6.71. The van der Waals surface area contributed by atoms with Crippen LogP contribution in [0.1, 0.15) is 32.6 Å². The first-order valence-corrected chi connectivity index (χ1v) is 12.4. The number of rotatable bonds is 8. The highest BCUT2D eigenvalue weighted by atomic mass is 35.5. The molecule has 0 bridgehead atoms. The van der Waals surface area contributed by atoms with Crippen LogP contribution >= 0.6 is 11.6 Å². The maximum atomic E-state index is 12.6. The van der Waals surface area contributed by atoms with E-state index in [2.05, 4.69) is 42.7 Å². The third kappa shape index (κ3) is 6.43. The largest absolute Gasteiger partial charge is 0.491 e. The summed E-state index contributed by atoms with van der Waals surface area (Å²) in [6.45, 7) is 11.0. The van der Waals surface area contributed by atoms with Crippen LogP contribution in [-0.2, 0) is 0 Å². The Morgan fingerprint density at radius 3 is 2.03 bits per heavy atom. The number of hydrogen-bond donors (Lipinski definition) is 1. The van der Waals surface area contributed by atoms with Gasteiger partial charge >= 0.3 is 0 Å². The van der Waals surface area contributed by atoms with Crippen LogP contribution in [0, 0.1) is 20.8 Å². The molecule has 0 aliphatic carbocycles. The molecule has 184 valence electrons. The Hall–Kier alpha value is -2.86. The summed E-state index contributed by atoms with van der Waals surface area (Å²) in [5, 5.41) is 11.1. The molecule has 0 spiro atoms. The van der Waals surface area contributed by atoms with Crippen molar-refractivity contribution in [2.45, 2.75) is 26.9 Å². The molecular formula is C29H33ClN2O3. The van der Waals surface area contributed by atoms with Crippen molar-refractivity contribution in [3.8, 4) is 5.75 Å². The van der Waals surface area contributed by atoms with E-state index in [-0.39, 0.29) is 12.4 Å². The number of hydrogen-bond acceptors (Lipinski definition) is 5. The molecule has 1 aliphatic rings. The predicted molar refractivity (Wildman–Crippen MR) is 142 cm³/mol. The predicted octanol–water partition coefficient (Wildman–Crippen LogP) is 5.06. The first-order valence-electron chi connectivity index (χ1n) is 12.1. The summed E-state index contributed by atoms with van der Waals surface area (Å²) in [6.07, 6.45) is -0.584. The summed E-state index contributed by atoms with van der Waals surface area (Å²) >= 11 is 5.90. The Morgan fingerprint density at radius 2 is 1.46 bits per heavy atom. The molecule has 1 fully saturated rings. The van der Waals surface area contributed by atoms with Crippen LogP contribution in [0.4, 0.5) is 5.69 Å². The van der Waals surface area contributed by atoms with Crippen LogP contribution < -0.4 is 9.64 Å². The molecule has 0 amide bonds. The molecule has 3 aromatic rings. The second-order valence-electron chi connectivity index (χ2n) is 9.36. The maximum absolute atomic E-state index is 12.6. The maximum Gasteiger partial charge on any atom is 0.193 e. The fraction of sp³-hybridized carbons (Fsp3) is 0.345. The van der Waals surface area contributed by atoms with E-state index in [0.717, 1.165) is 26.2 Å². The van der Waals surface area contributed by atoms with E-state index in [9.17, 15) is 9.90 Å². The third-order valence-electron chi connectivity index (χ3n) is 6.46. The van der Waals surface area contributed by atoms with Crippen molar-refractivity contribution >= 4 is 23.1 Å². The van der Waals surface area contributed by atoms with Crippen molar-refractivity contribution in [3.63, 3.8) is 0 Å². The summed E-state index contributed by atoms with van der Waals surface area (Å²) in [4.78, 5) is 17.3. The van der Waals surface area contributed by atoms with Gasteiger partial charge in [0.2, 0.25) is 0 Å². The molecule has 1 aliphatic heterocycles. The van der Waals surface area contributed by atoms with E-state index in [4.69, 9.17) is 16.3 Å². The highest BCUT2D eigenvalue weighted by Crippen LogP contribution is 2.27. The lowest BCUT2D eigenvalue weighted by Gasteiger charge is -2.38. The number of β-amino-alcohol motifs (C(OH)–C–C–N with tert-alkyl or cyclic N) is 1. The Labute approximate surface area is 212 Å². The molecule has 4 rings (SSSR count). The van der Waals surface area contributed by atoms with Crippen molar-refractivity contribution in [2.75, 3.05) is 44.2 Å². The van der Waals surface area contributed by atoms with Gasteiger partial charge in [-0.3, -0.25) is 9.69 Å². The number of anilines is 1. The molecule has 3 aromatic carbocycles. The summed E-state index contributed by atoms with van der Waals surface area (Å²) in [6, 6.07) is 18.4. The highest BCUT2D eigenvalue weighted by molar-refractivity contribution is 6.30. The number of aliphatic hydroxyl groups is 1. The van der Waals surface area contributed by atoms with Crippen LogP contribution in [0.2, 0.25) is 5.02 Å². The molecule has 1 heterocycles. The number of piperazine rings is 1. The fourth-order valence-electron chi connectivity index (χ4n) is 4.84. The van der Waals surface area contributed by atoms with Crippen LogP contribution in [-0.4, -0.2) is 61.2 Å². The first kappa shape index (κ1) is 25.2. The highest BCUT2D eigenvalue weighted by Gasteiger charge is 2.22. The molecule has 0 saturated carbocycles. The van der Waals surface area contributed by atoms with Crippen LogP contribution in [0.5, 0.6) is 5.75 Å². The van der Waals surface area contributed by atoms with E-state index < -0.39 is 6.10 Å². The van der Waals surface area contributed by atoms with Gasteiger partial charge in [0.1, 0.15) is 18.5 Å². The van der Waals surface area contributed by atoms with E-state index >= 15 is 0 Å². The van der Waals surface area contributed by atoms with Gasteiger partial charge in [-0.25, -0.2) is 0 Å². The van der Waals surface area contributed by atoms with E-state index in [0.29, 0.717) is 28.4 Å². The van der Waals surface area contributed by atoms with Gasteiger partial charge in [0.25, 0.3) is 0 Å². The van der Waals surface area contributed by atoms with Gasteiger partial charge in [0, 0.05) is 54.6 Å². The zero-order valence-corrected chi connectivity index (χ0v) is 21.4. The number of aryl methyl sites for hydroxylation is 3. The van der Waals surface area contributed by atoms with Crippen molar-refractivity contribution < 1.29 is 14.6 Å². The molecule has 1 atom stereocenters. The van der Waals surface area contributed by atoms with Crippen LogP contribution in [0.25, 0.3) is 0 Å². The van der Waals surface area contributed by atoms with Gasteiger partial charge < -0.3 is 14.7 Å². The molecule has 6 heteroatoms. The second kappa shape index (κ2) is 11.3. The van der Waals surface area contributed by atoms with Crippen molar-refractivity contribution in [3.05, 3.63) is 93.5 Å². The number of aliphatic hydroxyl groups excluding tert-OH is 1. The smallest absolute Gasteiger partial charge is 0.193 e. The monoisotopic (exact) mass is 492 g/mol. The zero-order chi connectivity index (χ0) is 24.9. The molecular weight excluding hydrogens is 460 g/mol. The topological polar surface area (TPSA) is 53.0 Å². The second-order valence-corrected chi connectivity index (χ2v) is 9.80. The average molecular weight is 493 g/mol. The van der Waals surface area contributed by atoms with E-state index in [1.807, 2.05) is 0 Å². The number of carbonyl (C=O) groups excluding carboxylic acids is 1. The van der Waals surface area contributed by atoms with Gasteiger partial charge in [-0.05, 0) is 80.4 Å². The molecule has 0 unspecified atom stereocenters. The average Bonchev–Trinajstić information content (AvgIpc) is 2.83. The fourth-order valence-corrected chi connectivity index (χ4v) is 4.96. The first-order chi connectivity index (χ1) is 16.8. The quantitative estimate of drug-likeness (QED) is 0.445. The lowest BCUT2D eigenvalue weighted by molar-refractivity contribution is 0.0663. The van der Waals surface area contributed by atoms with Crippen molar-refractivity contribution in [1.82, 2.24) is 4.90 Å². The molecule has 0 radical (unpaired) electrons. The minimum absolute atomic E-state index is 0.0663. The SMILES string of the molecule is Cc1cc(C)c(N2CCN(C[C@@H](O)COc3ccc(C(=O)c4ccc(Cl)cc4)cc3)CC2)c(C)c1. The summed E-state index contributed by atoms with van der Waals surface area (Å²) < 4.78 is 5.78. The number of benzene rings is 3. The standard InChI is InChI=1S/C29H33ClN2O3/c1-20-16-21(2)28(22(3)17-20)32-14-12-31(13-15-32)18-26(33)19-35-27-10-6-24(7-11-27)29(34)23-4-8-25(30)9-5-23/h4-11,16-17,26,33H,12-15,18-19H2,1-3H3/t26-/m1/s1. The van der Waals surface area contributed by atoms with Gasteiger partial charge in [0.05, 0.1) is 0 Å². The number of ether oxygens (including phenoxy) is 1. The Morgan fingerprint density at radius 1 is 0.914 bits per heavy atom. The Bertz CT molecular complexity index is 1130. The number of halogens is 1. The number of nitrogens with zero attached hydrogens (tertiary/aromatic N) is 2. The Kier molecular flexibility index (Phi) is 8.11. The molecule has 35 heavy (non-hydrogen) atoms. The molecule has 1 saturated heterocycles. The van der Waals surface area contributed by atoms with Gasteiger partial charge in [0.15, 0.2) is 5.78 Å². The molecule has 5 nitrogen and oxygen atoms in total. The summed E-state index contributed by atoms with van der Waals surface area (Å²) in [5.41, 5.74) is 6.46. The normalized spacial score (nSPS) is 15.2. The van der Waals surface area contributed by atoms with Gasteiger partial charge in [-0.15, -0.1) is 0 Å². The van der Waals surface area contributed by atoms with Gasteiger partial charge in [-0.1, -0.05) is 29.3 Å². The zero-order valence-electron chi connectivity index (χ0n) is 20.6. The lowest BCUT2D eigenvalue weighted by atomic mass is 10.0. The van der Waals surface area contributed by atoms with E-state index in [1.165, 1.54) is 22.4 Å². The molecule has 0 aromatic heterocycles. The minimum atomic E-state index is -0.584. The van der Waals surface area contributed by atoms with E-state index in [1.54, 1.807) is 48.5 Å². The summed E-state index contributed by atoms with van der Waals surface area (Å²) in [5.74, 6) is 0.565. The minimum Gasteiger partial charge on any atom is -0.491 e. The molecule has 1 N–H and O–H groups in total.